The van der Waals surface area contributed by atoms with E-state index < -0.39 is 0 Å². The number of fused-ring (bicyclic) bond motifs is 1. The third-order valence-corrected chi connectivity index (χ3v) is 5.52. The highest BCUT2D eigenvalue weighted by molar-refractivity contribution is 7.36. The van der Waals surface area contributed by atoms with Gasteiger partial charge >= 0.3 is 0 Å². The van der Waals surface area contributed by atoms with Gasteiger partial charge in [0.25, 0.3) is 0 Å². The molecule has 2 aliphatic rings. The molecule has 5 unspecified atom stereocenters. The summed E-state index contributed by atoms with van der Waals surface area (Å²) in [5.41, 5.74) is 0.721. The van der Waals surface area contributed by atoms with Crippen LogP contribution in [0.3, 0.4) is 0 Å². The standard InChI is InChI=1S/C12H23P/c1-8-9(6-5-7-13-4)11-10(8)12(11,2)3/h8-11,13H,5-7H2,1-4H3. The van der Waals surface area contributed by atoms with Gasteiger partial charge in [-0.3, -0.25) is 0 Å². The molecule has 13 heavy (non-hydrogen) atoms. The van der Waals surface area contributed by atoms with E-state index in [9.17, 15) is 0 Å². The predicted octanol–water partition coefficient (Wildman–Crippen LogP) is 3.61. The second-order valence-corrected chi connectivity index (χ2v) is 6.85. The molecule has 0 saturated heterocycles. The summed E-state index contributed by atoms with van der Waals surface area (Å²) >= 11 is 0. The summed E-state index contributed by atoms with van der Waals surface area (Å²) in [6.07, 6.45) is 4.48. The zero-order chi connectivity index (χ0) is 9.64. The quantitative estimate of drug-likeness (QED) is 0.478. The van der Waals surface area contributed by atoms with Gasteiger partial charge in [-0.05, 0) is 54.8 Å². The zero-order valence-corrected chi connectivity index (χ0v) is 10.4. The summed E-state index contributed by atoms with van der Waals surface area (Å²) in [5.74, 6) is 4.35. The SMILES string of the molecule is CPCCCC1C(C)C2C1C2(C)C. The average molecular weight is 198 g/mol. The Bertz CT molecular complexity index is 197. The molecule has 0 heterocycles. The van der Waals surface area contributed by atoms with Crippen molar-refractivity contribution in [2.45, 2.75) is 33.6 Å². The van der Waals surface area contributed by atoms with Gasteiger partial charge in [-0.1, -0.05) is 20.8 Å². The maximum atomic E-state index is 2.48. The maximum absolute atomic E-state index is 2.48. The van der Waals surface area contributed by atoms with E-state index in [0.717, 1.165) is 29.1 Å². The van der Waals surface area contributed by atoms with Crippen molar-refractivity contribution in [3.05, 3.63) is 0 Å². The fraction of sp³-hybridized carbons (Fsp3) is 1.00. The van der Waals surface area contributed by atoms with E-state index in [-0.39, 0.29) is 0 Å². The largest absolute Gasteiger partial charge is 0.125 e. The normalized spacial score (nSPS) is 46.2. The van der Waals surface area contributed by atoms with E-state index in [4.69, 9.17) is 0 Å². The van der Waals surface area contributed by atoms with Gasteiger partial charge in [-0.15, -0.1) is 8.58 Å². The second kappa shape index (κ2) is 3.23. The molecule has 0 aliphatic heterocycles. The van der Waals surface area contributed by atoms with Gasteiger partial charge in [0.2, 0.25) is 0 Å². The average Bonchev–Trinajstić information content (AvgIpc) is 2.57. The lowest BCUT2D eigenvalue weighted by Crippen LogP contribution is -2.27. The third kappa shape index (κ3) is 1.37. The Morgan fingerprint density at radius 1 is 1.23 bits per heavy atom. The summed E-state index contributed by atoms with van der Waals surface area (Å²) in [6, 6.07) is 0. The van der Waals surface area contributed by atoms with Crippen molar-refractivity contribution >= 4 is 8.58 Å². The third-order valence-electron chi connectivity index (χ3n) is 4.66. The molecular formula is C12H23P. The molecular weight excluding hydrogens is 175 g/mol. The Kier molecular flexibility index (Phi) is 2.47. The van der Waals surface area contributed by atoms with Gasteiger partial charge in [-0.25, -0.2) is 0 Å². The van der Waals surface area contributed by atoms with E-state index in [1.165, 1.54) is 27.6 Å². The minimum atomic E-state index is 0.721. The Hall–Kier alpha value is 0.430. The van der Waals surface area contributed by atoms with Crippen LogP contribution in [-0.4, -0.2) is 12.8 Å². The van der Waals surface area contributed by atoms with Crippen LogP contribution in [0.15, 0.2) is 0 Å². The lowest BCUT2D eigenvalue weighted by molar-refractivity contribution is 0.161. The van der Waals surface area contributed by atoms with Gasteiger partial charge < -0.3 is 0 Å². The van der Waals surface area contributed by atoms with Crippen LogP contribution in [0.1, 0.15) is 33.6 Å². The molecule has 5 atom stereocenters. The van der Waals surface area contributed by atoms with Crippen molar-refractivity contribution < 1.29 is 0 Å². The first-order valence-electron chi connectivity index (χ1n) is 5.75. The Labute approximate surface area is 84.7 Å². The van der Waals surface area contributed by atoms with Crippen LogP contribution < -0.4 is 0 Å². The lowest BCUT2D eigenvalue weighted by atomic mass is 9.73. The second-order valence-electron chi connectivity index (χ2n) is 5.64. The van der Waals surface area contributed by atoms with Gasteiger partial charge in [0.15, 0.2) is 0 Å². The topological polar surface area (TPSA) is 0 Å². The molecule has 2 saturated carbocycles. The first-order valence-corrected chi connectivity index (χ1v) is 7.46. The molecule has 0 amide bonds. The summed E-state index contributed by atoms with van der Waals surface area (Å²) in [5, 5.41) is 0. The number of hydrogen-bond acceptors (Lipinski definition) is 0. The van der Waals surface area contributed by atoms with Crippen molar-refractivity contribution in [3.8, 4) is 0 Å². The highest BCUT2D eigenvalue weighted by atomic mass is 31.1. The van der Waals surface area contributed by atoms with Crippen LogP contribution in [-0.2, 0) is 0 Å². The molecule has 0 radical (unpaired) electrons. The van der Waals surface area contributed by atoms with Crippen LogP contribution in [0.5, 0.6) is 0 Å². The summed E-state index contributed by atoms with van der Waals surface area (Å²) in [7, 11) is 1.17. The van der Waals surface area contributed by atoms with Crippen LogP contribution in [0.25, 0.3) is 0 Å². The van der Waals surface area contributed by atoms with Crippen LogP contribution in [0.4, 0.5) is 0 Å². The zero-order valence-electron chi connectivity index (χ0n) is 9.43. The molecule has 2 rings (SSSR count). The highest BCUT2D eigenvalue weighted by Crippen LogP contribution is 2.76. The van der Waals surface area contributed by atoms with Crippen molar-refractivity contribution in [1.29, 1.82) is 0 Å². The number of hydrogen-bond donors (Lipinski definition) is 0. The van der Waals surface area contributed by atoms with Gasteiger partial charge in [-0.2, -0.15) is 0 Å². The molecule has 0 aromatic rings. The minimum absolute atomic E-state index is 0.721. The number of rotatable bonds is 4. The molecule has 0 nitrogen and oxygen atoms in total. The fourth-order valence-corrected chi connectivity index (χ4v) is 4.50. The molecule has 2 aliphatic carbocycles. The van der Waals surface area contributed by atoms with Gasteiger partial charge in [0.1, 0.15) is 0 Å². The van der Waals surface area contributed by atoms with Crippen molar-refractivity contribution in [2.24, 2.45) is 29.1 Å². The summed E-state index contributed by atoms with van der Waals surface area (Å²) < 4.78 is 0. The minimum Gasteiger partial charge on any atom is -0.125 e. The Morgan fingerprint density at radius 3 is 2.38 bits per heavy atom. The first-order chi connectivity index (χ1) is 6.10. The van der Waals surface area contributed by atoms with Crippen LogP contribution >= 0.6 is 8.58 Å². The fourth-order valence-electron chi connectivity index (χ4n) is 3.95. The predicted molar refractivity (Wildman–Crippen MR) is 61.8 cm³/mol. The smallest absolute Gasteiger partial charge is 0.0286 e. The van der Waals surface area contributed by atoms with Crippen LogP contribution in [0.2, 0.25) is 0 Å². The van der Waals surface area contributed by atoms with Crippen molar-refractivity contribution in [3.63, 3.8) is 0 Å². The van der Waals surface area contributed by atoms with E-state index >= 15 is 0 Å². The van der Waals surface area contributed by atoms with Gasteiger partial charge in [0, 0.05) is 0 Å². The molecule has 76 valence electrons. The molecule has 0 N–H and O–H groups in total. The first kappa shape index (κ1) is 9.97. The highest BCUT2D eigenvalue weighted by Gasteiger charge is 2.71. The molecule has 1 heteroatoms. The molecule has 0 aromatic carbocycles. The maximum Gasteiger partial charge on any atom is -0.0286 e. The summed E-state index contributed by atoms with van der Waals surface area (Å²) in [6.45, 7) is 9.75. The Morgan fingerprint density at radius 2 is 1.92 bits per heavy atom. The van der Waals surface area contributed by atoms with Crippen LogP contribution in [0, 0.1) is 29.1 Å². The van der Waals surface area contributed by atoms with Gasteiger partial charge in [0.05, 0.1) is 0 Å². The van der Waals surface area contributed by atoms with E-state index in [2.05, 4.69) is 27.4 Å². The molecule has 2 fully saturated rings. The molecule has 0 bridgehead atoms. The van der Waals surface area contributed by atoms with E-state index in [1.807, 2.05) is 0 Å². The lowest BCUT2D eigenvalue weighted by Gasteiger charge is -2.33. The van der Waals surface area contributed by atoms with E-state index in [0.29, 0.717) is 0 Å². The monoisotopic (exact) mass is 198 g/mol. The van der Waals surface area contributed by atoms with E-state index in [1.54, 1.807) is 0 Å². The van der Waals surface area contributed by atoms with Crippen molar-refractivity contribution in [1.82, 2.24) is 0 Å². The van der Waals surface area contributed by atoms with Crippen molar-refractivity contribution in [2.75, 3.05) is 12.8 Å². The summed E-state index contributed by atoms with van der Waals surface area (Å²) in [4.78, 5) is 0. The molecule has 0 spiro atoms. The Balaban J connectivity index is 1.77. The molecule has 0 aromatic heterocycles.